The van der Waals surface area contributed by atoms with Crippen LogP contribution in [0.2, 0.25) is 12.1 Å². The quantitative estimate of drug-likeness (QED) is 0.160. The van der Waals surface area contributed by atoms with E-state index in [1.54, 1.807) is 6.21 Å². The Balaban J connectivity index is 0.00000288. The summed E-state index contributed by atoms with van der Waals surface area (Å²) in [4.78, 5) is 26.4. The number of hydrogen-bond acceptors (Lipinski definition) is 5. The van der Waals surface area contributed by atoms with E-state index in [-0.39, 0.29) is 43.0 Å². The van der Waals surface area contributed by atoms with Gasteiger partial charge in [0.1, 0.15) is 24.3 Å². The zero-order chi connectivity index (χ0) is 16.8. The average molecular weight is 500 g/mol. The summed E-state index contributed by atoms with van der Waals surface area (Å²) in [6, 6.07) is 2.69. The van der Waals surface area contributed by atoms with Crippen molar-refractivity contribution in [3.05, 3.63) is 33.7 Å². The Morgan fingerprint density at radius 3 is 2.42 bits per heavy atom. The molecule has 1 N–H and O–H groups in total. The van der Waals surface area contributed by atoms with Crippen molar-refractivity contribution in [2.45, 2.75) is 12.1 Å². The molecule has 1 aromatic carbocycles. The minimum absolute atomic E-state index is 0. The van der Waals surface area contributed by atoms with Crippen LogP contribution in [0.15, 0.2) is 22.3 Å². The molecular formula is C13H13BN5O4Re. The molecule has 0 bridgehead atoms. The molecular weight excluding hydrogens is 487 g/mol. The van der Waals surface area contributed by atoms with Crippen molar-refractivity contribution < 1.29 is 39.5 Å². The standard InChI is InChI=1S/C13H13BN5O4.Re/c1-22-9-3-7(12(20)17-16-6-8-5-14-8)4-10(23-2)11(9)13(21)18-19-15;/h3-4,6,8H,5H2,1-2H3,(H,17,20);/b16-6+;. The van der Waals surface area contributed by atoms with E-state index in [9.17, 15) is 9.59 Å². The minimum atomic E-state index is -0.865. The molecule has 1 fully saturated rings. The van der Waals surface area contributed by atoms with Crippen molar-refractivity contribution in [1.82, 2.24) is 5.43 Å². The number of hydrazone groups is 1. The van der Waals surface area contributed by atoms with Gasteiger partial charge < -0.3 is 9.47 Å². The van der Waals surface area contributed by atoms with Crippen LogP contribution in [0.1, 0.15) is 20.7 Å². The van der Waals surface area contributed by atoms with Crippen LogP contribution < -0.4 is 14.9 Å². The number of nitrogens with zero attached hydrogens (tertiary/aromatic N) is 4. The van der Waals surface area contributed by atoms with E-state index in [4.69, 9.17) is 15.0 Å². The zero-order valence-corrected chi connectivity index (χ0v) is 15.6. The van der Waals surface area contributed by atoms with Crippen LogP contribution >= 0.6 is 0 Å². The zero-order valence-electron chi connectivity index (χ0n) is 12.9. The second-order valence-electron chi connectivity index (χ2n) is 4.60. The number of benzene rings is 1. The van der Waals surface area contributed by atoms with Gasteiger partial charge in [0.25, 0.3) is 11.8 Å². The van der Waals surface area contributed by atoms with Gasteiger partial charge >= 0.3 is 0 Å². The minimum Gasteiger partial charge on any atom is -0.496 e. The van der Waals surface area contributed by atoms with Crippen molar-refractivity contribution >= 4 is 25.3 Å². The Kier molecular flexibility index (Phi) is 7.46. The summed E-state index contributed by atoms with van der Waals surface area (Å²) < 4.78 is 10.2. The molecule has 2 radical (unpaired) electrons. The SMILES string of the molecule is COc1cc(C(=O)N/N=C/C2[B]C2)cc(OC)c1C(=O)N=[N+]=[N-].[Re]. The summed E-state index contributed by atoms with van der Waals surface area (Å²) in [7, 11) is 4.69. The first-order valence-electron chi connectivity index (χ1n) is 6.63. The molecule has 9 nitrogen and oxygen atoms in total. The second-order valence-corrected chi connectivity index (χ2v) is 4.60. The van der Waals surface area contributed by atoms with E-state index >= 15 is 0 Å². The van der Waals surface area contributed by atoms with Crippen molar-refractivity contribution in [3.63, 3.8) is 0 Å². The maximum Gasteiger partial charge on any atom is 0.271 e. The molecule has 1 unspecified atom stereocenters. The molecule has 1 aliphatic heterocycles. The molecule has 124 valence electrons. The molecule has 2 amide bonds. The molecule has 0 aliphatic carbocycles. The first-order valence-corrected chi connectivity index (χ1v) is 6.63. The van der Waals surface area contributed by atoms with E-state index in [0.717, 1.165) is 6.32 Å². The number of amides is 2. The maximum absolute atomic E-state index is 12.1. The van der Waals surface area contributed by atoms with E-state index < -0.39 is 11.8 Å². The van der Waals surface area contributed by atoms with Crippen LogP contribution in [0.4, 0.5) is 0 Å². The third kappa shape index (κ3) is 4.83. The first-order chi connectivity index (χ1) is 11.1. The summed E-state index contributed by atoms with van der Waals surface area (Å²) in [5.41, 5.74) is 10.9. The molecule has 1 aromatic rings. The van der Waals surface area contributed by atoms with Gasteiger partial charge in [-0.1, -0.05) is 6.32 Å². The normalized spacial score (nSPS) is 14.7. The van der Waals surface area contributed by atoms with Crippen LogP contribution in [0, 0.1) is 0 Å². The molecule has 2 rings (SSSR count). The Bertz CT molecular complexity index is 691. The van der Waals surface area contributed by atoms with Gasteiger partial charge in [-0.3, -0.25) is 9.59 Å². The van der Waals surface area contributed by atoms with Crippen molar-refractivity contribution in [3.8, 4) is 11.5 Å². The molecule has 0 spiro atoms. The molecule has 0 aromatic heterocycles. The monoisotopic (exact) mass is 501 g/mol. The average Bonchev–Trinajstić information content (AvgIpc) is 3.37. The summed E-state index contributed by atoms with van der Waals surface area (Å²) >= 11 is 0. The van der Waals surface area contributed by atoms with Crippen LogP contribution in [-0.4, -0.2) is 39.5 Å². The molecule has 1 aliphatic rings. The molecule has 1 saturated heterocycles. The largest absolute Gasteiger partial charge is 0.496 e. The fraction of sp³-hybridized carbons (Fsp3) is 0.308. The van der Waals surface area contributed by atoms with Crippen molar-refractivity contribution in [2.75, 3.05) is 14.2 Å². The predicted octanol–water partition coefficient (Wildman–Crippen LogP) is 1.79. The van der Waals surface area contributed by atoms with Crippen LogP contribution in [0.3, 0.4) is 0 Å². The van der Waals surface area contributed by atoms with E-state index in [2.05, 4.69) is 20.6 Å². The molecule has 0 saturated carbocycles. The van der Waals surface area contributed by atoms with Gasteiger partial charge in [0, 0.05) is 37.1 Å². The van der Waals surface area contributed by atoms with Gasteiger partial charge in [0.15, 0.2) is 0 Å². The van der Waals surface area contributed by atoms with Gasteiger partial charge in [0.2, 0.25) is 0 Å². The number of hydrogen-bond donors (Lipinski definition) is 1. The number of nitrogens with one attached hydrogen (secondary N) is 1. The second kappa shape index (κ2) is 9.08. The van der Waals surface area contributed by atoms with Gasteiger partial charge in [-0.25, -0.2) is 5.43 Å². The molecule has 11 heteroatoms. The summed E-state index contributed by atoms with van der Waals surface area (Å²) in [5.74, 6) is -0.919. The van der Waals surface area contributed by atoms with Gasteiger partial charge in [-0.15, -0.1) is 0 Å². The van der Waals surface area contributed by atoms with E-state index in [1.807, 2.05) is 7.28 Å². The predicted molar refractivity (Wildman–Crippen MR) is 83.3 cm³/mol. The van der Waals surface area contributed by atoms with E-state index in [1.165, 1.54) is 26.4 Å². The van der Waals surface area contributed by atoms with Gasteiger partial charge in [0.05, 0.1) is 14.2 Å². The summed E-state index contributed by atoms with van der Waals surface area (Å²) in [6.45, 7) is 0. The molecule has 1 heterocycles. The first kappa shape index (κ1) is 19.7. The molecule has 1 atom stereocenters. The van der Waals surface area contributed by atoms with Gasteiger partial charge in [-0.05, 0) is 28.6 Å². The fourth-order valence-corrected chi connectivity index (χ4v) is 1.80. The number of ether oxygens (including phenoxy) is 2. The maximum atomic E-state index is 12.1. The number of rotatable bonds is 6. The Labute approximate surface area is 152 Å². The number of azide groups is 1. The Hall–Kier alpha value is -2.33. The van der Waals surface area contributed by atoms with Gasteiger partial charge in [-0.2, -0.15) is 5.10 Å². The van der Waals surface area contributed by atoms with Crippen molar-refractivity contribution in [1.29, 1.82) is 0 Å². The Morgan fingerprint density at radius 1 is 1.38 bits per heavy atom. The third-order valence-corrected chi connectivity index (χ3v) is 3.06. The van der Waals surface area contributed by atoms with Crippen molar-refractivity contribution in [2.24, 2.45) is 10.2 Å². The summed E-state index contributed by atoms with van der Waals surface area (Å²) in [5, 5.41) is 6.85. The van der Waals surface area contributed by atoms with Crippen LogP contribution in [0.5, 0.6) is 11.5 Å². The van der Waals surface area contributed by atoms with Crippen LogP contribution in [-0.2, 0) is 20.4 Å². The topological polar surface area (TPSA) is 126 Å². The van der Waals surface area contributed by atoms with E-state index in [0.29, 0.717) is 5.82 Å². The third-order valence-electron chi connectivity index (χ3n) is 3.06. The fourth-order valence-electron chi connectivity index (χ4n) is 1.80. The van der Waals surface area contributed by atoms with Crippen LogP contribution in [0.25, 0.3) is 10.4 Å². The number of carbonyl (C=O) groups excluding carboxylic acids is 2. The number of methoxy groups -OCH3 is 2. The Morgan fingerprint density at radius 2 is 1.96 bits per heavy atom. The summed E-state index contributed by atoms with van der Waals surface area (Å²) in [6.07, 6.45) is 2.59. The number of carbonyl (C=O) groups is 2. The molecule has 24 heavy (non-hydrogen) atoms. The smallest absolute Gasteiger partial charge is 0.271 e.